The van der Waals surface area contributed by atoms with Crippen molar-refractivity contribution in [1.82, 2.24) is 14.9 Å². The zero-order valence-corrected chi connectivity index (χ0v) is 13.1. The van der Waals surface area contributed by atoms with Crippen LogP contribution in [0.4, 0.5) is 0 Å². The van der Waals surface area contributed by atoms with Gasteiger partial charge < -0.3 is 14.6 Å². The molecule has 1 saturated heterocycles. The molecule has 0 saturated carbocycles. The summed E-state index contributed by atoms with van der Waals surface area (Å²) in [5, 5.41) is 3.51. The Labute approximate surface area is 131 Å². The lowest BCUT2D eigenvalue weighted by Gasteiger charge is -2.38. The number of ether oxygens (including phenoxy) is 1. The van der Waals surface area contributed by atoms with Gasteiger partial charge >= 0.3 is 0 Å². The second-order valence-electron chi connectivity index (χ2n) is 6.40. The summed E-state index contributed by atoms with van der Waals surface area (Å²) in [6.45, 7) is 3.75. The second kappa shape index (κ2) is 5.52. The summed E-state index contributed by atoms with van der Waals surface area (Å²) < 4.78 is 7.78. The van der Waals surface area contributed by atoms with E-state index in [2.05, 4.69) is 34.1 Å². The van der Waals surface area contributed by atoms with Crippen molar-refractivity contribution in [2.45, 2.75) is 37.8 Å². The molecule has 3 heterocycles. The molecule has 1 aromatic carbocycles. The molecule has 1 fully saturated rings. The van der Waals surface area contributed by atoms with Crippen LogP contribution < -0.4 is 5.32 Å². The summed E-state index contributed by atoms with van der Waals surface area (Å²) in [6.07, 6.45) is 5.32. The molecule has 116 valence electrons. The number of nitrogens with one attached hydrogen (secondary N) is 1. The number of aryl methyl sites for hydroxylation is 1. The van der Waals surface area contributed by atoms with E-state index in [1.165, 1.54) is 22.6 Å². The summed E-state index contributed by atoms with van der Waals surface area (Å²) in [4.78, 5) is 4.87. The van der Waals surface area contributed by atoms with Crippen molar-refractivity contribution in [1.29, 1.82) is 0 Å². The van der Waals surface area contributed by atoms with E-state index in [4.69, 9.17) is 9.72 Å². The molecular formula is C18H23N3O. The molecule has 4 rings (SSSR count). The van der Waals surface area contributed by atoms with Gasteiger partial charge in [-0.15, -0.1) is 0 Å². The van der Waals surface area contributed by atoms with Gasteiger partial charge in [-0.2, -0.15) is 0 Å². The molecule has 0 atom stereocenters. The summed E-state index contributed by atoms with van der Waals surface area (Å²) in [6, 6.07) is 8.96. The minimum atomic E-state index is 0.0599. The van der Waals surface area contributed by atoms with Crippen molar-refractivity contribution < 1.29 is 4.74 Å². The minimum Gasteiger partial charge on any atom is -0.378 e. The van der Waals surface area contributed by atoms with Gasteiger partial charge in [-0.1, -0.05) is 24.3 Å². The van der Waals surface area contributed by atoms with Gasteiger partial charge in [0.1, 0.15) is 5.82 Å². The van der Waals surface area contributed by atoms with E-state index in [1.54, 1.807) is 7.11 Å². The second-order valence-corrected chi connectivity index (χ2v) is 6.40. The Morgan fingerprint density at radius 2 is 2.09 bits per heavy atom. The van der Waals surface area contributed by atoms with Crippen molar-refractivity contribution >= 4 is 0 Å². The number of methoxy groups -OCH3 is 1. The molecular weight excluding hydrogens is 274 g/mol. The predicted octanol–water partition coefficient (Wildman–Crippen LogP) is 2.26. The van der Waals surface area contributed by atoms with E-state index in [9.17, 15) is 0 Å². The molecule has 1 spiro atoms. The molecule has 2 aromatic rings. The molecule has 0 unspecified atom stereocenters. The van der Waals surface area contributed by atoms with E-state index < -0.39 is 0 Å². The van der Waals surface area contributed by atoms with Crippen LogP contribution in [0.25, 0.3) is 0 Å². The Hall–Kier alpha value is -1.65. The predicted molar refractivity (Wildman–Crippen MR) is 86.0 cm³/mol. The number of imidazole rings is 1. The van der Waals surface area contributed by atoms with Gasteiger partial charge in [0.05, 0.1) is 23.9 Å². The van der Waals surface area contributed by atoms with Crippen LogP contribution in [0.1, 0.15) is 35.5 Å². The summed E-state index contributed by atoms with van der Waals surface area (Å²) in [7, 11) is 1.76. The Morgan fingerprint density at radius 3 is 2.91 bits per heavy atom. The molecule has 1 N–H and O–H groups in total. The van der Waals surface area contributed by atoms with Gasteiger partial charge in [-0.3, -0.25) is 0 Å². The van der Waals surface area contributed by atoms with Gasteiger partial charge in [-0.05, 0) is 43.5 Å². The fourth-order valence-corrected chi connectivity index (χ4v) is 4.21. The van der Waals surface area contributed by atoms with Crippen LogP contribution in [0.15, 0.2) is 30.5 Å². The Balaban J connectivity index is 1.91. The maximum Gasteiger partial charge on any atom is 0.119 e. The zero-order chi connectivity index (χ0) is 15.0. The number of piperidine rings is 1. The van der Waals surface area contributed by atoms with Crippen LogP contribution in [0, 0.1) is 0 Å². The molecule has 0 bridgehead atoms. The van der Waals surface area contributed by atoms with Gasteiger partial charge in [0, 0.05) is 13.7 Å². The monoisotopic (exact) mass is 297 g/mol. The molecule has 1 aromatic heterocycles. The lowest BCUT2D eigenvalue weighted by Crippen LogP contribution is -2.42. The highest BCUT2D eigenvalue weighted by Crippen LogP contribution is 2.43. The highest BCUT2D eigenvalue weighted by atomic mass is 16.5. The quantitative estimate of drug-likeness (QED) is 0.924. The Bertz CT molecular complexity index is 671. The van der Waals surface area contributed by atoms with Crippen molar-refractivity contribution in [2.24, 2.45) is 0 Å². The third kappa shape index (κ3) is 2.02. The first kappa shape index (κ1) is 14.0. The van der Waals surface area contributed by atoms with Crippen LogP contribution in [0.2, 0.25) is 0 Å². The SMILES string of the molecule is COCc1cnc2n1CCc1ccccc1C21CCNCC1. The van der Waals surface area contributed by atoms with Crippen molar-refractivity contribution in [3.63, 3.8) is 0 Å². The number of rotatable bonds is 2. The van der Waals surface area contributed by atoms with E-state index in [-0.39, 0.29) is 5.41 Å². The third-order valence-corrected chi connectivity index (χ3v) is 5.25. The molecule has 2 aliphatic rings. The summed E-state index contributed by atoms with van der Waals surface area (Å²) in [5.74, 6) is 1.24. The molecule has 22 heavy (non-hydrogen) atoms. The number of aromatic nitrogens is 2. The van der Waals surface area contributed by atoms with Crippen LogP contribution in [0.5, 0.6) is 0 Å². The highest BCUT2D eigenvalue weighted by molar-refractivity contribution is 5.42. The van der Waals surface area contributed by atoms with Crippen molar-refractivity contribution in [2.75, 3.05) is 20.2 Å². The van der Waals surface area contributed by atoms with E-state index in [1.807, 2.05) is 6.20 Å². The van der Waals surface area contributed by atoms with Crippen LogP contribution in [-0.2, 0) is 29.7 Å². The van der Waals surface area contributed by atoms with Crippen LogP contribution in [-0.4, -0.2) is 29.8 Å². The van der Waals surface area contributed by atoms with E-state index in [0.29, 0.717) is 6.61 Å². The van der Waals surface area contributed by atoms with Crippen LogP contribution in [0.3, 0.4) is 0 Å². The first-order valence-corrected chi connectivity index (χ1v) is 8.18. The van der Waals surface area contributed by atoms with Gasteiger partial charge in [0.2, 0.25) is 0 Å². The first-order valence-electron chi connectivity index (χ1n) is 8.18. The maximum absolute atomic E-state index is 5.37. The van der Waals surface area contributed by atoms with Crippen molar-refractivity contribution in [3.05, 3.63) is 53.1 Å². The lowest BCUT2D eigenvalue weighted by molar-refractivity contribution is 0.177. The smallest absolute Gasteiger partial charge is 0.119 e. The fourth-order valence-electron chi connectivity index (χ4n) is 4.21. The number of benzene rings is 1. The van der Waals surface area contributed by atoms with Gasteiger partial charge in [0.15, 0.2) is 0 Å². The number of nitrogens with zero attached hydrogens (tertiary/aromatic N) is 2. The van der Waals surface area contributed by atoms with Gasteiger partial charge in [0.25, 0.3) is 0 Å². The number of fused-ring (bicyclic) bond motifs is 4. The highest BCUT2D eigenvalue weighted by Gasteiger charge is 2.42. The fraction of sp³-hybridized carbons (Fsp3) is 0.500. The lowest BCUT2D eigenvalue weighted by atomic mass is 9.71. The molecule has 2 aliphatic heterocycles. The molecule has 0 amide bonds. The van der Waals surface area contributed by atoms with Gasteiger partial charge in [-0.25, -0.2) is 4.98 Å². The Morgan fingerprint density at radius 1 is 1.27 bits per heavy atom. The maximum atomic E-state index is 5.37. The van der Waals surface area contributed by atoms with Crippen LogP contribution >= 0.6 is 0 Å². The molecule has 4 nitrogen and oxygen atoms in total. The zero-order valence-electron chi connectivity index (χ0n) is 13.1. The molecule has 0 radical (unpaired) electrons. The van der Waals surface area contributed by atoms with E-state index >= 15 is 0 Å². The average Bonchev–Trinajstić information content (AvgIpc) is 2.92. The third-order valence-electron chi connectivity index (χ3n) is 5.25. The summed E-state index contributed by atoms with van der Waals surface area (Å²) >= 11 is 0. The number of hydrogen-bond donors (Lipinski definition) is 1. The Kier molecular flexibility index (Phi) is 3.51. The first-order chi connectivity index (χ1) is 10.8. The normalized spacial score (nSPS) is 19.5. The molecule has 4 heteroatoms. The van der Waals surface area contributed by atoms with Crippen molar-refractivity contribution in [3.8, 4) is 0 Å². The number of hydrogen-bond acceptors (Lipinski definition) is 3. The topological polar surface area (TPSA) is 39.1 Å². The average molecular weight is 297 g/mol. The minimum absolute atomic E-state index is 0.0599. The largest absolute Gasteiger partial charge is 0.378 e. The summed E-state index contributed by atoms with van der Waals surface area (Å²) in [5.41, 5.74) is 4.23. The standard InChI is InChI=1S/C18H23N3O/c1-22-13-15-12-20-17-18(7-9-19-10-8-18)16-5-3-2-4-14(16)6-11-21(15)17/h2-5,12,19H,6-11,13H2,1H3. The van der Waals surface area contributed by atoms with E-state index in [0.717, 1.165) is 38.9 Å². The molecule has 0 aliphatic carbocycles.